The van der Waals surface area contributed by atoms with E-state index in [4.69, 9.17) is 5.11 Å². The van der Waals surface area contributed by atoms with Crippen molar-refractivity contribution in [1.82, 2.24) is 0 Å². The van der Waals surface area contributed by atoms with Crippen LogP contribution < -0.4 is 4.72 Å². The molecule has 0 aliphatic rings. The fourth-order valence-electron chi connectivity index (χ4n) is 1.59. The molecule has 22 heavy (non-hydrogen) atoms. The van der Waals surface area contributed by atoms with Crippen LogP contribution in [0.1, 0.15) is 10.4 Å². The van der Waals surface area contributed by atoms with Crippen molar-refractivity contribution >= 4 is 21.7 Å². The predicted octanol–water partition coefficient (Wildman–Crippen LogP) is 2.60. The minimum absolute atomic E-state index is 0.141. The quantitative estimate of drug-likeness (QED) is 0.844. The van der Waals surface area contributed by atoms with E-state index in [1.165, 1.54) is 0 Å². The van der Waals surface area contributed by atoms with Gasteiger partial charge in [0.2, 0.25) is 0 Å². The van der Waals surface area contributed by atoms with Crippen molar-refractivity contribution in [2.45, 2.75) is 4.90 Å². The van der Waals surface area contributed by atoms with Gasteiger partial charge >= 0.3 is 5.97 Å². The zero-order valence-corrected chi connectivity index (χ0v) is 11.5. The number of carboxylic acids is 1. The summed E-state index contributed by atoms with van der Waals surface area (Å²) in [6.07, 6.45) is 0. The van der Waals surface area contributed by atoms with Crippen LogP contribution in [0.4, 0.5) is 18.9 Å². The van der Waals surface area contributed by atoms with Gasteiger partial charge in [-0.3, -0.25) is 4.72 Å². The Labute approximate surface area is 123 Å². The number of hydrogen-bond donors (Lipinski definition) is 2. The fourth-order valence-corrected chi connectivity index (χ4v) is 2.64. The molecule has 0 radical (unpaired) electrons. The Morgan fingerprint density at radius 2 is 1.55 bits per heavy atom. The van der Waals surface area contributed by atoms with E-state index in [2.05, 4.69) is 0 Å². The van der Waals surface area contributed by atoms with Gasteiger partial charge in [0.25, 0.3) is 10.0 Å². The number of carbonyl (C=O) groups is 1. The molecule has 0 aliphatic heterocycles. The van der Waals surface area contributed by atoms with Crippen LogP contribution >= 0.6 is 0 Å². The Bertz CT molecular complexity index is 835. The van der Waals surface area contributed by atoms with Gasteiger partial charge in [-0.05, 0) is 36.4 Å². The molecular weight excluding hydrogens is 323 g/mol. The lowest BCUT2D eigenvalue weighted by Crippen LogP contribution is -2.15. The zero-order valence-electron chi connectivity index (χ0n) is 10.7. The average molecular weight is 331 g/mol. The molecule has 0 amide bonds. The van der Waals surface area contributed by atoms with E-state index in [9.17, 15) is 26.4 Å². The summed E-state index contributed by atoms with van der Waals surface area (Å²) >= 11 is 0. The van der Waals surface area contributed by atoms with Gasteiger partial charge in [0.15, 0.2) is 17.5 Å². The van der Waals surface area contributed by atoms with Gasteiger partial charge in [-0.25, -0.2) is 26.4 Å². The molecule has 116 valence electrons. The Morgan fingerprint density at radius 1 is 0.955 bits per heavy atom. The molecule has 0 saturated carbocycles. The van der Waals surface area contributed by atoms with E-state index in [1.54, 1.807) is 4.72 Å². The molecule has 2 rings (SSSR count). The topological polar surface area (TPSA) is 83.5 Å². The number of aromatic carboxylic acids is 1. The first kappa shape index (κ1) is 15.8. The lowest BCUT2D eigenvalue weighted by atomic mass is 10.2. The molecule has 2 N–H and O–H groups in total. The van der Waals surface area contributed by atoms with Crippen molar-refractivity contribution < 1.29 is 31.5 Å². The molecule has 0 unspecified atom stereocenters. The largest absolute Gasteiger partial charge is 0.478 e. The molecule has 0 aliphatic carbocycles. The van der Waals surface area contributed by atoms with Crippen molar-refractivity contribution in [3.63, 3.8) is 0 Å². The van der Waals surface area contributed by atoms with Crippen molar-refractivity contribution in [3.05, 3.63) is 59.4 Å². The second kappa shape index (κ2) is 5.68. The van der Waals surface area contributed by atoms with Crippen LogP contribution in [0.25, 0.3) is 0 Å². The monoisotopic (exact) mass is 331 g/mol. The Hall–Kier alpha value is -2.55. The molecular formula is C13H8F3NO4S. The highest BCUT2D eigenvalue weighted by Crippen LogP contribution is 2.23. The van der Waals surface area contributed by atoms with E-state index in [0.717, 1.165) is 30.3 Å². The van der Waals surface area contributed by atoms with Gasteiger partial charge in [0.05, 0.1) is 16.1 Å². The summed E-state index contributed by atoms with van der Waals surface area (Å²) in [5.41, 5.74) is -0.904. The second-order valence-electron chi connectivity index (χ2n) is 4.16. The lowest BCUT2D eigenvalue weighted by molar-refractivity contribution is 0.0696. The minimum atomic E-state index is -4.28. The normalized spacial score (nSPS) is 11.2. The Kier molecular flexibility index (Phi) is 4.09. The number of sulfonamides is 1. The number of hydrogen-bond acceptors (Lipinski definition) is 3. The van der Waals surface area contributed by atoms with Gasteiger partial charge in [0, 0.05) is 0 Å². The van der Waals surface area contributed by atoms with Gasteiger partial charge in [-0.2, -0.15) is 0 Å². The minimum Gasteiger partial charge on any atom is -0.478 e. The predicted molar refractivity (Wildman–Crippen MR) is 70.5 cm³/mol. The molecule has 0 fully saturated rings. The molecule has 0 atom stereocenters. The standard InChI is InChI=1S/C13H8F3NO4S/c14-9-5-6-10(12(16)11(9)15)17-22(20,21)8-3-1-7(2-4-8)13(18)19/h1-6,17H,(H,18,19). The maximum absolute atomic E-state index is 13.5. The zero-order chi connectivity index (χ0) is 16.5. The van der Waals surface area contributed by atoms with E-state index < -0.39 is 39.1 Å². The van der Waals surface area contributed by atoms with Crippen molar-refractivity contribution in [2.24, 2.45) is 0 Å². The highest BCUT2D eigenvalue weighted by atomic mass is 32.2. The van der Waals surface area contributed by atoms with Crippen LogP contribution in [0, 0.1) is 17.5 Å². The maximum atomic E-state index is 13.5. The summed E-state index contributed by atoms with van der Waals surface area (Å²) in [6.45, 7) is 0. The molecule has 2 aromatic rings. The van der Waals surface area contributed by atoms with Crippen LogP contribution in [-0.2, 0) is 10.0 Å². The highest BCUT2D eigenvalue weighted by molar-refractivity contribution is 7.92. The molecule has 5 nitrogen and oxygen atoms in total. The first-order valence-electron chi connectivity index (χ1n) is 5.72. The van der Waals surface area contributed by atoms with E-state index in [-0.39, 0.29) is 10.5 Å². The van der Waals surface area contributed by atoms with E-state index in [0.29, 0.717) is 6.07 Å². The summed E-state index contributed by atoms with van der Waals surface area (Å²) in [5.74, 6) is -6.18. The van der Waals surface area contributed by atoms with Crippen LogP contribution in [0.5, 0.6) is 0 Å². The third-order valence-corrected chi connectivity index (χ3v) is 4.07. The molecule has 0 saturated heterocycles. The van der Waals surface area contributed by atoms with Crippen LogP contribution in [0.15, 0.2) is 41.3 Å². The van der Waals surface area contributed by atoms with Gasteiger partial charge in [0.1, 0.15) is 0 Å². The summed E-state index contributed by atoms with van der Waals surface area (Å²) in [4.78, 5) is 10.3. The van der Waals surface area contributed by atoms with Crippen molar-refractivity contribution in [3.8, 4) is 0 Å². The van der Waals surface area contributed by atoms with Crippen molar-refractivity contribution in [2.75, 3.05) is 4.72 Å². The lowest BCUT2D eigenvalue weighted by Gasteiger charge is -2.09. The highest BCUT2D eigenvalue weighted by Gasteiger charge is 2.20. The second-order valence-corrected chi connectivity index (χ2v) is 5.84. The van der Waals surface area contributed by atoms with Crippen molar-refractivity contribution in [1.29, 1.82) is 0 Å². The molecule has 9 heteroatoms. The smallest absolute Gasteiger partial charge is 0.335 e. The number of halogens is 3. The number of anilines is 1. The van der Waals surface area contributed by atoms with Crippen LogP contribution in [0.3, 0.4) is 0 Å². The number of rotatable bonds is 4. The van der Waals surface area contributed by atoms with Crippen LogP contribution in [-0.4, -0.2) is 19.5 Å². The number of carboxylic acid groups (broad SMARTS) is 1. The summed E-state index contributed by atoms with van der Waals surface area (Å²) in [5, 5.41) is 8.71. The van der Waals surface area contributed by atoms with Gasteiger partial charge in [-0.15, -0.1) is 0 Å². The molecule has 0 bridgehead atoms. The van der Waals surface area contributed by atoms with Gasteiger partial charge in [-0.1, -0.05) is 0 Å². The Morgan fingerprint density at radius 3 is 2.09 bits per heavy atom. The first-order valence-corrected chi connectivity index (χ1v) is 7.20. The number of nitrogens with one attached hydrogen (secondary N) is 1. The molecule has 0 spiro atoms. The third-order valence-electron chi connectivity index (χ3n) is 2.69. The van der Waals surface area contributed by atoms with Gasteiger partial charge < -0.3 is 5.11 Å². The summed E-state index contributed by atoms with van der Waals surface area (Å²) in [6, 6.07) is 5.37. The molecule has 0 aromatic heterocycles. The van der Waals surface area contributed by atoms with Crippen LogP contribution in [0.2, 0.25) is 0 Å². The molecule has 2 aromatic carbocycles. The van der Waals surface area contributed by atoms with E-state index in [1.807, 2.05) is 0 Å². The number of benzene rings is 2. The molecule has 0 heterocycles. The first-order chi connectivity index (χ1) is 10.2. The summed E-state index contributed by atoms with van der Waals surface area (Å²) in [7, 11) is -4.28. The Balaban J connectivity index is 2.36. The third kappa shape index (κ3) is 3.03. The fraction of sp³-hybridized carbons (Fsp3) is 0. The summed E-state index contributed by atoms with van der Waals surface area (Å²) < 4.78 is 65.0. The SMILES string of the molecule is O=C(O)c1ccc(S(=O)(=O)Nc2ccc(F)c(F)c2F)cc1. The van der Waals surface area contributed by atoms with E-state index >= 15 is 0 Å². The maximum Gasteiger partial charge on any atom is 0.335 e. The average Bonchev–Trinajstić information content (AvgIpc) is 2.48.